The van der Waals surface area contributed by atoms with Crippen LogP contribution in [-0.4, -0.2) is 73.3 Å². The fraction of sp³-hybridized carbons (Fsp3) is 0.469. The molecular weight excluding hydrogens is 558 g/mol. The minimum Gasteiger partial charge on any atom is -0.387 e. The summed E-state index contributed by atoms with van der Waals surface area (Å²) in [5, 5.41) is 12.2. The normalized spacial score (nSPS) is 24.7. The second-order valence-corrected chi connectivity index (χ2v) is 12.8. The van der Waals surface area contributed by atoms with Crippen LogP contribution in [0.15, 0.2) is 83.5 Å². The molecule has 1 N–H and O–H groups in total. The summed E-state index contributed by atoms with van der Waals surface area (Å²) in [6.07, 6.45) is 7.28. The van der Waals surface area contributed by atoms with Gasteiger partial charge in [-0.1, -0.05) is 49.8 Å². The molecule has 2 atom stereocenters. The highest BCUT2D eigenvalue weighted by molar-refractivity contribution is 7.99. The van der Waals surface area contributed by atoms with Gasteiger partial charge in [-0.05, 0) is 38.3 Å². The summed E-state index contributed by atoms with van der Waals surface area (Å²) in [7, 11) is 0. The van der Waals surface area contributed by atoms with Crippen molar-refractivity contribution in [3.8, 4) is 11.3 Å². The standard InChI is InChI=1S/C32H38F2N4O3S/c1-23(33)10-11-26(34)24(2)28-19-42-17-16-38(28)30(40)36-15-14-32(41,31(20-36)12-6-7-13-31)21-37-22-35-27(18-29(37)39)25-8-4-3-5-9-25/h3-5,8-11,18,22,28,41H,2,6-7,12-17,19-21H2,1H3/b23-10+,26-11+/t28-,32+/m0/s1. The summed E-state index contributed by atoms with van der Waals surface area (Å²) in [6.45, 7) is 6.37. The van der Waals surface area contributed by atoms with Crippen LogP contribution in [0, 0.1) is 5.41 Å². The largest absolute Gasteiger partial charge is 0.387 e. The van der Waals surface area contributed by atoms with Crippen LogP contribution < -0.4 is 5.56 Å². The lowest BCUT2D eigenvalue weighted by Gasteiger charge is -2.53. The van der Waals surface area contributed by atoms with Crippen molar-refractivity contribution in [3.05, 3.63) is 89.0 Å². The third-order valence-corrected chi connectivity index (χ3v) is 10.1. The Balaban J connectivity index is 1.35. The van der Waals surface area contributed by atoms with Crippen molar-refractivity contribution >= 4 is 17.8 Å². The van der Waals surface area contributed by atoms with Gasteiger partial charge in [0, 0.05) is 53.8 Å². The van der Waals surface area contributed by atoms with Crippen molar-refractivity contribution in [2.24, 2.45) is 5.41 Å². The summed E-state index contributed by atoms with van der Waals surface area (Å²) < 4.78 is 29.5. The van der Waals surface area contributed by atoms with E-state index in [1.165, 1.54) is 23.9 Å². The number of benzene rings is 1. The summed E-state index contributed by atoms with van der Waals surface area (Å²) in [5.74, 6) is 0.0658. The predicted molar refractivity (Wildman–Crippen MR) is 162 cm³/mol. The van der Waals surface area contributed by atoms with E-state index in [0.717, 1.165) is 49.2 Å². The molecule has 10 heteroatoms. The maximum Gasteiger partial charge on any atom is 0.320 e. The Kier molecular flexibility index (Phi) is 9.03. The molecule has 2 amide bonds. The van der Waals surface area contributed by atoms with Gasteiger partial charge in [0.1, 0.15) is 5.83 Å². The summed E-state index contributed by atoms with van der Waals surface area (Å²) in [4.78, 5) is 35.0. The van der Waals surface area contributed by atoms with E-state index in [4.69, 9.17) is 0 Å². The number of aliphatic hydroxyl groups is 1. The number of rotatable bonds is 6. The molecule has 7 nitrogen and oxygen atoms in total. The molecule has 2 saturated heterocycles. The van der Waals surface area contributed by atoms with Crippen molar-refractivity contribution in [1.29, 1.82) is 0 Å². The van der Waals surface area contributed by atoms with Crippen molar-refractivity contribution in [1.82, 2.24) is 19.4 Å². The number of carbonyl (C=O) groups excluding carboxylic acids is 1. The highest BCUT2D eigenvalue weighted by atomic mass is 32.2. The van der Waals surface area contributed by atoms with Crippen LogP contribution in [0.5, 0.6) is 0 Å². The first-order chi connectivity index (χ1) is 20.1. The number of halogens is 2. The number of amides is 2. The van der Waals surface area contributed by atoms with Crippen LogP contribution in [0.3, 0.4) is 0 Å². The number of nitrogens with zero attached hydrogens (tertiary/aromatic N) is 4. The van der Waals surface area contributed by atoms with Crippen LogP contribution in [0.25, 0.3) is 11.3 Å². The van der Waals surface area contributed by atoms with E-state index in [2.05, 4.69) is 11.6 Å². The molecule has 1 spiro atoms. The van der Waals surface area contributed by atoms with E-state index in [1.54, 1.807) is 21.6 Å². The number of piperidine rings is 1. The first kappa shape index (κ1) is 30.2. The Morgan fingerprint density at radius 1 is 1.17 bits per heavy atom. The number of thioether (sulfide) groups is 1. The third-order valence-electron chi connectivity index (χ3n) is 9.03. The Bertz CT molecular complexity index is 1430. The predicted octanol–water partition coefficient (Wildman–Crippen LogP) is 5.73. The van der Waals surface area contributed by atoms with Crippen molar-refractivity contribution in [2.45, 2.75) is 57.2 Å². The van der Waals surface area contributed by atoms with E-state index >= 15 is 0 Å². The molecule has 5 rings (SSSR count). The van der Waals surface area contributed by atoms with Gasteiger partial charge in [-0.15, -0.1) is 0 Å². The van der Waals surface area contributed by atoms with Gasteiger partial charge < -0.3 is 14.9 Å². The second-order valence-electron chi connectivity index (χ2n) is 11.7. The molecule has 0 radical (unpaired) electrons. The number of allylic oxidation sites excluding steroid dienone is 3. The zero-order valence-electron chi connectivity index (χ0n) is 24.0. The zero-order chi connectivity index (χ0) is 29.9. The number of hydrogen-bond donors (Lipinski definition) is 1. The molecule has 3 aliphatic rings. The van der Waals surface area contributed by atoms with Crippen LogP contribution >= 0.6 is 11.8 Å². The SMILES string of the molecule is C=C(/C(F)=C\C=C(/C)F)[C@@H]1CSCCN1C(=O)N1CC[C@@](O)(Cn2cnc(-c3ccccc3)cc2=O)C2(CCCC2)C1. The van der Waals surface area contributed by atoms with Crippen molar-refractivity contribution in [2.75, 3.05) is 31.1 Å². The van der Waals surface area contributed by atoms with Gasteiger partial charge in [0.2, 0.25) is 0 Å². The maximum atomic E-state index is 14.8. The molecule has 0 bridgehead atoms. The fourth-order valence-corrected chi connectivity index (χ4v) is 7.71. The average molecular weight is 597 g/mol. The van der Waals surface area contributed by atoms with Gasteiger partial charge in [0.25, 0.3) is 5.56 Å². The van der Waals surface area contributed by atoms with Crippen LogP contribution in [0.4, 0.5) is 13.6 Å². The number of carbonyl (C=O) groups is 1. The molecule has 1 aromatic heterocycles. The first-order valence-corrected chi connectivity index (χ1v) is 15.6. The molecule has 224 valence electrons. The molecule has 1 aromatic carbocycles. The second kappa shape index (κ2) is 12.6. The fourth-order valence-electron chi connectivity index (χ4n) is 6.61. The van der Waals surface area contributed by atoms with Crippen LogP contribution in [0.2, 0.25) is 0 Å². The average Bonchev–Trinajstić information content (AvgIpc) is 3.48. The highest BCUT2D eigenvalue weighted by Gasteiger charge is 2.56. The van der Waals surface area contributed by atoms with Crippen LogP contribution in [0.1, 0.15) is 39.0 Å². The maximum absolute atomic E-state index is 14.8. The zero-order valence-corrected chi connectivity index (χ0v) is 24.8. The van der Waals surface area contributed by atoms with Gasteiger partial charge in [-0.25, -0.2) is 18.6 Å². The molecule has 3 fully saturated rings. The first-order valence-electron chi connectivity index (χ1n) is 14.5. The summed E-state index contributed by atoms with van der Waals surface area (Å²) in [5.41, 5.74) is -0.401. The lowest BCUT2D eigenvalue weighted by molar-refractivity contribution is -0.136. The molecule has 1 aliphatic carbocycles. The van der Waals surface area contributed by atoms with E-state index < -0.39 is 28.7 Å². The molecule has 0 unspecified atom stereocenters. The van der Waals surface area contributed by atoms with E-state index in [1.807, 2.05) is 30.3 Å². The molecule has 42 heavy (non-hydrogen) atoms. The van der Waals surface area contributed by atoms with Gasteiger partial charge in [0.05, 0.1) is 36.0 Å². The smallest absolute Gasteiger partial charge is 0.320 e. The molecule has 2 aliphatic heterocycles. The van der Waals surface area contributed by atoms with Gasteiger partial charge >= 0.3 is 6.03 Å². The Morgan fingerprint density at radius 2 is 1.90 bits per heavy atom. The van der Waals surface area contributed by atoms with Gasteiger partial charge in [0.15, 0.2) is 0 Å². The summed E-state index contributed by atoms with van der Waals surface area (Å²) in [6, 6.07) is 10.2. The van der Waals surface area contributed by atoms with Gasteiger partial charge in [-0.3, -0.25) is 9.36 Å². The molecular formula is C32H38F2N4O3S. The number of urea groups is 1. The number of hydrogen-bond acceptors (Lipinski definition) is 5. The molecule has 1 saturated carbocycles. The Labute approximate surface area is 249 Å². The number of aromatic nitrogens is 2. The third kappa shape index (κ3) is 6.10. The monoisotopic (exact) mass is 596 g/mol. The minimum atomic E-state index is -1.19. The molecule has 2 aromatic rings. The Morgan fingerprint density at radius 3 is 2.60 bits per heavy atom. The van der Waals surface area contributed by atoms with E-state index in [-0.39, 0.29) is 23.7 Å². The quantitative estimate of drug-likeness (QED) is 0.431. The number of likely N-dealkylation sites (tertiary alicyclic amines) is 1. The van der Waals surface area contributed by atoms with Crippen molar-refractivity contribution in [3.63, 3.8) is 0 Å². The van der Waals surface area contributed by atoms with Crippen LogP contribution in [-0.2, 0) is 6.54 Å². The topological polar surface area (TPSA) is 78.7 Å². The van der Waals surface area contributed by atoms with Crippen molar-refractivity contribution < 1.29 is 18.7 Å². The Hall–Kier alpha value is -3.24. The molecule has 3 heterocycles. The van der Waals surface area contributed by atoms with Gasteiger partial charge in [-0.2, -0.15) is 11.8 Å². The van der Waals surface area contributed by atoms with E-state index in [0.29, 0.717) is 37.5 Å². The lowest BCUT2D eigenvalue weighted by Crippen LogP contribution is -2.64. The highest BCUT2D eigenvalue weighted by Crippen LogP contribution is 2.51. The summed E-state index contributed by atoms with van der Waals surface area (Å²) >= 11 is 1.63. The van der Waals surface area contributed by atoms with E-state index in [9.17, 15) is 23.5 Å². The minimum absolute atomic E-state index is 0.104. The lowest BCUT2D eigenvalue weighted by atomic mass is 9.66.